The summed E-state index contributed by atoms with van der Waals surface area (Å²) in [6, 6.07) is 31.2. The molecule has 3 unspecified atom stereocenters. The van der Waals surface area contributed by atoms with Crippen LogP contribution in [0.25, 0.3) is 0 Å². The average Bonchev–Trinajstić information content (AvgIpc) is 0.852. The van der Waals surface area contributed by atoms with E-state index in [1.54, 1.807) is 29.2 Å². The Labute approximate surface area is 611 Å². The molecular weight excluding hydrogens is 1310 g/mol. The van der Waals surface area contributed by atoms with Gasteiger partial charge < -0.3 is 48.9 Å². The summed E-state index contributed by atoms with van der Waals surface area (Å²) in [5.41, 5.74) is 7.00. The number of piperazine rings is 1. The van der Waals surface area contributed by atoms with Gasteiger partial charge in [0.05, 0.1) is 11.5 Å². The van der Waals surface area contributed by atoms with Crippen LogP contribution in [0.2, 0.25) is 0 Å². The Kier molecular flexibility index (Phi) is 46.7. The van der Waals surface area contributed by atoms with Gasteiger partial charge in [-0.1, -0.05) is 126 Å². The summed E-state index contributed by atoms with van der Waals surface area (Å²) < 4.78 is 9.09. The van der Waals surface area contributed by atoms with Crippen molar-refractivity contribution >= 4 is 95.2 Å². The monoisotopic (exact) mass is 1420 g/mol. The van der Waals surface area contributed by atoms with E-state index in [4.69, 9.17) is 15.8 Å². The number of alkyl halides is 1. The van der Waals surface area contributed by atoms with Crippen molar-refractivity contribution in [1.82, 2.24) is 29.8 Å². The maximum Gasteiger partial charge on any atom is 2.00 e. The quantitative estimate of drug-likeness (QED) is 0.0290. The van der Waals surface area contributed by atoms with Crippen LogP contribution in [0.1, 0.15) is 270 Å². The van der Waals surface area contributed by atoms with Crippen LogP contribution < -0.4 is 17.7 Å². The van der Waals surface area contributed by atoms with E-state index < -0.39 is 9.23 Å². The second-order valence-electron chi connectivity index (χ2n) is 24.9. The van der Waals surface area contributed by atoms with E-state index in [0.29, 0.717) is 47.7 Å². The molecule has 19 heteroatoms. The van der Waals surface area contributed by atoms with Crippen LogP contribution in [0.3, 0.4) is 0 Å². The molecule has 13 nitrogen and oxygen atoms in total. The van der Waals surface area contributed by atoms with Gasteiger partial charge in [-0.3, -0.25) is 28.9 Å². The van der Waals surface area contributed by atoms with Gasteiger partial charge in [0, 0.05) is 134 Å². The molecule has 5 aliphatic rings. The average molecular weight is 1420 g/mol. The molecule has 4 aromatic carbocycles. The topological polar surface area (TPSA) is 151 Å². The van der Waals surface area contributed by atoms with Crippen LogP contribution in [-0.4, -0.2) is 165 Å². The predicted molar refractivity (Wildman–Crippen MR) is 394 cm³/mol. The smallest absolute Gasteiger partial charge is 1.00 e. The summed E-state index contributed by atoms with van der Waals surface area (Å²) in [4.78, 5) is 69.4. The Morgan fingerprint density at radius 3 is 1.09 bits per heavy atom. The minimum absolute atomic E-state index is 0. The van der Waals surface area contributed by atoms with Crippen molar-refractivity contribution in [1.29, 1.82) is 0 Å². The predicted octanol–water partition coefficient (Wildman–Crippen LogP) is 14.3. The number of aldehydes is 1. The largest absolute Gasteiger partial charge is 2.00 e. The van der Waals surface area contributed by atoms with E-state index in [0.717, 1.165) is 113 Å². The number of hydrogen-bond donors (Lipinski definition) is 2. The molecule has 0 radical (unpaired) electrons. The van der Waals surface area contributed by atoms with Gasteiger partial charge in [-0.15, -0.1) is 11.6 Å². The molecule has 4 aliphatic carbocycles. The number of aliphatic hydroxyl groups excluding tert-OH is 1. The zero-order valence-corrected chi connectivity index (χ0v) is 64.0. The van der Waals surface area contributed by atoms with E-state index >= 15 is 0 Å². The molecule has 4 aromatic rings. The number of nitrogens with zero attached hydrogens (tertiary/aromatic N) is 5. The van der Waals surface area contributed by atoms with Crippen LogP contribution in [0.15, 0.2) is 97.1 Å². The van der Waals surface area contributed by atoms with E-state index in [2.05, 4.69) is 50.1 Å². The van der Waals surface area contributed by atoms with E-state index in [1.807, 2.05) is 131 Å². The van der Waals surface area contributed by atoms with Crippen molar-refractivity contribution in [3.8, 4) is 0 Å². The molecule has 95 heavy (non-hydrogen) atoms. The Balaban J connectivity index is 0.000000412. The SMILES string of the molecule is CCN(CC)C(=O)c1ccc(C(C2CCCCC2)N2CCNCC2)cc1.CCN(CC)C(=O)c1ccc(C(Cl)C2CCCCC2)cc1.CCN(CC)C(=O)c1ccc(C(O)C2CCCCC2)cc1.CCN(CC)C(=O)c1ccc(C=O)cc1.O=S(Cl)Cl.[CH-]1CCCCC1.[Cl-].[Mg+2]. The molecule has 1 saturated heterocycles. The fourth-order valence-corrected chi connectivity index (χ4v) is 13.8. The molecule has 526 valence electrons. The van der Waals surface area contributed by atoms with Crippen molar-refractivity contribution in [2.45, 2.75) is 201 Å². The number of carbonyl (C=O) groups is 5. The van der Waals surface area contributed by atoms with Crippen LogP contribution in [0, 0.1) is 24.2 Å². The zero-order valence-electron chi connectivity index (χ0n) is 58.7. The van der Waals surface area contributed by atoms with Crippen molar-refractivity contribution in [3.05, 3.63) is 148 Å². The van der Waals surface area contributed by atoms with Gasteiger partial charge in [-0.2, -0.15) is 12.8 Å². The summed E-state index contributed by atoms with van der Waals surface area (Å²) in [5, 5.41) is 14.0. The Hall–Kier alpha value is -3.61. The number of carbonyl (C=O) groups excluding carboxylic acids is 5. The fourth-order valence-electron chi connectivity index (χ4n) is 13.4. The summed E-state index contributed by atoms with van der Waals surface area (Å²) in [6.45, 7) is 26.3. The summed E-state index contributed by atoms with van der Waals surface area (Å²) in [6.07, 6.45) is 29.1. The van der Waals surface area contributed by atoms with Gasteiger partial charge in [0.15, 0.2) is 0 Å². The third-order valence-corrected chi connectivity index (χ3v) is 19.7. The number of nitrogens with one attached hydrogen (secondary N) is 1. The second-order valence-corrected chi connectivity index (χ2v) is 27.9. The molecule has 5 fully saturated rings. The molecule has 4 saturated carbocycles. The minimum atomic E-state index is -1.67. The van der Waals surface area contributed by atoms with E-state index in [9.17, 15) is 29.1 Å². The Morgan fingerprint density at radius 2 is 0.789 bits per heavy atom. The van der Waals surface area contributed by atoms with Crippen LogP contribution in [0.4, 0.5) is 0 Å². The number of aliphatic hydroxyl groups is 1. The molecule has 0 bridgehead atoms. The number of rotatable bonds is 20. The number of halogens is 4. The molecule has 3 atom stereocenters. The maximum absolute atomic E-state index is 12.6. The molecule has 2 N–H and O–H groups in total. The zero-order chi connectivity index (χ0) is 67.9. The molecule has 1 aliphatic heterocycles. The van der Waals surface area contributed by atoms with Gasteiger partial charge in [0.1, 0.15) is 6.29 Å². The first kappa shape index (κ1) is 87.5. The number of benzene rings is 4. The van der Waals surface area contributed by atoms with E-state index in [1.165, 1.54) is 121 Å². The first-order valence-electron chi connectivity index (χ1n) is 35.4. The second kappa shape index (κ2) is 50.7. The first-order chi connectivity index (χ1) is 45.0. The first-order valence-corrected chi connectivity index (χ1v) is 38.6. The number of hydrogen-bond acceptors (Lipinski definition) is 9. The van der Waals surface area contributed by atoms with E-state index in [-0.39, 0.29) is 70.6 Å². The summed E-state index contributed by atoms with van der Waals surface area (Å²) in [7, 11) is 7.36. The molecule has 9 rings (SSSR count). The molecular formula is C76H114Cl4MgN6O7S. The number of amides is 4. The van der Waals surface area contributed by atoms with Crippen molar-refractivity contribution in [3.63, 3.8) is 0 Å². The van der Waals surface area contributed by atoms with Crippen molar-refractivity contribution in [2.24, 2.45) is 17.8 Å². The van der Waals surface area contributed by atoms with Gasteiger partial charge in [0.25, 0.3) is 23.6 Å². The van der Waals surface area contributed by atoms with Crippen LogP contribution in [-0.2, 0) is 9.23 Å². The third-order valence-electron chi connectivity index (χ3n) is 19.1. The fraction of sp³-hybridized carbons (Fsp3) is 0.605. The standard InChI is InChI=1S/C22H35N3O.C18H26ClNO.C18H27NO2.C12H15NO2.C6H11.Cl2OS.ClH.Mg/c1-3-24(4-2)22(26)20-12-10-19(11-13-20)21(18-8-6-5-7-9-18)25-16-14-23-15-17-25;1-3-20(4-2)18(21)16-12-10-15(11-13-16)17(19)14-8-6-5-7-9-14;1-3-19(4-2)18(21)16-12-10-15(11-13-16)17(20)14-8-6-5-7-9-14;1-3-13(4-2)12(15)11-7-5-10(9-14)6-8-11;1-2-4-6-5-3-1;1-4(2)3;;/h10-13,18,21,23H,3-9,14-17H2,1-2H3;10-14,17H,3-9H2,1-2H3;10-14,17,20H,3-9H2,1-2H3;5-9H,3-4H2,1-2H3;1H,2-6H2;;1H;/q;;;;-1;;;+2/p-1. The summed E-state index contributed by atoms with van der Waals surface area (Å²) in [5.74, 6) is 2.06. The molecule has 0 aromatic heterocycles. The van der Waals surface area contributed by atoms with Gasteiger partial charge in [-0.25, -0.2) is 4.21 Å². The minimum Gasteiger partial charge on any atom is -1.00 e. The maximum atomic E-state index is 12.6. The van der Waals surface area contributed by atoms with Gasteiger partial charge >= 0.3 is 23.1 Å². The molecule has 1 heterocycles. The van der Waals surface area contributed by atoms with Crippen molar-refractivity contribution in [2.75, 3.05) is 78.5 Å². The summed E-state index contributed by atoms with van der Waals surface area (Å²) >= 11 is 6.64. The van der Waals surface area contributed by atoms with Gasteiger partial charge in [0.2, 0.25) is 9.23 Å². The van der Waals surface area contributed by atoms with Crippen LogP contribution >= 0.6 is 33.0 Å². The Morgan fingerprint density at radius 1 is 0.495 bits per heavy atom. The molecule has 0 spiro atoms. The molecule has 4 amide bonds. The van der Waals surface area contributed by atoms with Crippen LogP contribution in [0.5, 0.6) is 0 Å². The Bertz CT molecular complexity index is 2610. The van der Waals surface area contributed by atoms with Gasteiger partial charge in [-0.05, 0) is 177 Å². The van der Waals surface area contributed by atoms with Crippen molar-refractivity contribution < 1.29 is 45.7 Å². The third kappa shape index (κ3) is 30.4. The normalized spacial score (nSPS) is 16.8.